The number of oxazole rings is 1. The van der Waals surface area contributed by atoms with Crippen LogP contribution >= 0.6 is 0 Å². The summed E-state index contributed by atoms with van der Waals surface area (Å²) < 4.78 is 5.14. The Morgan fingerprint density at radius 2 is 2.32 bits per heavy atom. The Morgan fingerprint density at radius 3 is 3.05 bits per heavy atom. The Labute approximate surface area is 112 Å². The van der Waals surface area contributed by atoms with Crippen LogP contribution in [0.5, 0.6) is 0 Å². The van der Waals surface area contributed by atoms with E-state index in [2.05, 4.69) is 23.3 Å². The molecular formula is C15H20N2O2. The molecular weight excluding hydrogens is 240 g/mol. The van der Waals surface area contributed by atoms with E-state index >= 15 is 0 Å². The SMILES string of the molecule is CCCNC(CC1CC1)c1ccc2[nH]c(=O)oc2c1. The van der Waals surface area contributed by atoms with Crippen LogP contribution in [0.15, 0.2) is 27.4 Å². The summed E-state index contributed by atoms with van der Waals surface area (Å²) in [6.45, 7) is 3.20. The van der Waals surface area contributed by atoms with Crippen LogP contribution in [0.4, 0.5) is 0 Å². The fourth-order valence-corrected chi connectivity index (χ4v) is 2.52. The molecule has 0 radical (unpaired) electrons. The van der Waals surface area contributed by atoms with Crippen molar-refractivity contribution < 1.29 is 4.42 Å². The highest BCUT2D eigenvalue weighted by atomic mass is 16.4. The molecule has 4 nitrogen and oxygen atoms in total. The average molecular weight is 260 g/mol. The van der Waals surface area contributed by atoms with Gasteiger partial charge >= 0.3 is 5.76 Å². The van der Waals surface area contributed by atoms with E-state index in [-0.39, 0.29) is 5.76 Å². The van der Waals surface area contributed by atoms with Gasteiger partial charge in [0.05, 0.1) is 5.52 Å². The molecule has 0 aliphatic heterocycles. The molecule has 0 amide bonds. The van der Waals surface area contributed by atoms with Crippen molar-refractivity contribution in [2.75, 3.05) is 6.54 Å². The standard InChI is InChI=1S/C15H20N2O2/c1-2-7-16-13(8-10-3-4-10)11-5-6-12-14(9-11)19-15(18)17-12/h5-6,9-10,13,16H,2-4,7-8H2,1H3,(H,17,18). The number of rotatable bonds is 6. The van der Waals surface area contributed by atoms with Crippen molar-refractivity contribution in [1.82, 2.24) is 10.3 Å². The summed E-state index contributed by atoms with van der Waals surface area (Å²) in [7, 11) is 0. The molecule has 1 aromatic heterocycles. The van der Waals surface area contributed by atoms with Gasteiger partial charge in [-0.1, -0.05) is 25.8 Å². The zero-order chi connectivity index (χ0) is 13.2. The molecule has 102 valence electrons. The second-order valence-electron chi connectivity index (χ2n) is 5.46. The van der Waals surface area contributed by atoms with Crippen LogP contribution in [0.25, 0.3) is 11.1 Å². The number of benzene rings is 1. The first kappa shape index (κ1) is 12.5. The van der Waals surface area contributed by atoms with Gasteiger partial charge in [-0.05, 0) is 43.0 Å². The molecule has 19 heavy (non-hydrogen) atoms. The number of aromatic amines is 1. The Kier molecular flexibility index (Phi) is 3.42. The van der Waals surface area contributed by atoms with E-state index in [9.17, 15) is 4.79 Å². The average Bonchev–Trinajstić information content (AvgIpc) is 3.13. The second kappa shape index (κ2) is 5.21. The van der Waals surface area contributed by atoms with Crippen LogP contribution in [-0.4, -0.2) is 11.5 Å². The summed E-state index contributed by atoms with van der Waals surface area (Å²) in [6, 6.07) is 6.38. The van der Waals surface area contributed by atoms with Gasteiger partial charge in [0.2, 0.25) is 0 Å². The summed E-state index contributed by atoms with van der Waals surface area (Å²) in [5.74, 6) is 0.482. The van der Waals surface area contributed by atoms with Gasteiger partial charge in [-0.3, -0.25) is 4.98 Å². The van der Waals surface area contributed by atoms with E-state index in [0.29, 0.717) is 11.6 Å². The third kappa shape index (κ3) is 2.89. The van der Waals surface area contributed by atoms with E-state index in [4.69, 9.17) is 4.42 Å². The summed E-state index contributed by atoms with van der Waals surface area (Å²) in [5, 5.41) is 3.60. The molecule has 1 heterocycles. The third-order valence-corrected chi connectivity index (χ3v) is 3.75. The number of hydrogen-bond acceptors (Lipinski definition) is 3. The molecule has 3 rings (SSSR count). The first-order chi connectivity index (χ1) is 9.26. The van der Waals surface area contributed by atoms with Gasteiger partial charge in [0.25, 0.3) is 0 Å². The molecule has 0 spiro atoms. The number of H-pyrrole nitrogens is 1. The maximum absolute atomic E-state index is 11.2. The minimum absolute atomic E-state index is 0.372. The fraction of sp³-hybridized carbons (Fsp3) is 0.533. The Balaban J connectivity index is 1.86. The maximum atomic E-state index is 11.2. The molecule has 2 aromatic rings. The lowest BCUT2D eigenvalue weighted by Crippen LogP contribution is -2.22. The van der Waals surface area contributed by atoms with E-state index in [1.807, 2.05) is 12.1 Å². The molecule has 1 aromatic carbocycles. The van der Waals surface area contributed by atoms with Crippen molar-refractivity contribution in [1.29, 1.82) is 0 Å². The maximum Gasteiger partial charge on any atom is 0.417 e. The van der Waals surface area contributed by atoms with Gasteiger partial charge in [0, 0.05) is 6.04 Å². The Bertz CT molecular complexity index is 610. The monoisotopic (exact) mass is 260 g/mol. The zero-order valence-electron chi connectivity index (χ0n) is 11.2. The minimum atomic E-state index is -0.382. The van der Waals surface area contributed by atoms with Gasteiger partial charge < -0.3 is 9.73 Å². The molecule has 0 bridgehead atoms. The van der Waals surface area contributed by atoms with Gasteiger partial charge in [-0.25, -0.2) is 4.79 Å². The summed E-state index contributed by atoms with van der Waals surface area (Å²) >= 11 is 0. The molecule has 1 atom stereocenters. The molecule has 4 heteroatoms. The van der Waals surface area contributed by atoms with Crippen LogP contribution in [-0.2, 0) is 0 Å². The Hall–Kier alpha value is -1.55. The topological polar surface area (TPSA) is 58.0 Å². The quantitative estimate of drug-likeness (QED) is 0.839. The summed E-state index contributed by atoms with van der Waals surface area (Å²) in [5.41, 5.74) is 2.65. The summed E-state index contributed by atoms with van der Waals surface area (Å²) in [4.78, 5) is 13.9. The molecule has 1 unspecified atom stereocenters. The van der Waals surface area contributed by atoms with Crippen molar-refractivity contribution in [2.24, 2.45) is 5.92 Å². The summed E-state index contributed by atoms with van der Waals surface area (Å²) in [6.07, 6.45) is 5.01. The zero-order valence-corrected chi connectivity index (χ0v) is 11.2. The van der Waals surface area contributed by atoms with Gasteiger partial charge in [-0.15, -0.1) is 0 Å². The molecule has 1 saturated carbocycles. The van der Waals surface area contributed by atoms with Crippen LogP contribution in [0, 0.1) is 5.92 Å². The number of nitrogens with one attached hydrogen (secondary N) is 2. The van der Waals surface area contributed by atoms with Crippen LogP contribution in [0.3, 0.4) is 0 Å². The van der Waals surface area contributed by atoms with Crippen molar-refractivity contribution in [2.45, 2.75) is 38.6 Å². The highest BCUT2D eigenvalue weighted by molar-refractivity contribution is 5.72. The largest absolute Gasteiger partial charge is 0.417 e. The highest BCUT2D eigenvalue weighted by Gasteiger charge is 2.26. The van der Waals surface area contributed by atoms with Crippen molar-refractivity contribution >= 4 is 11.1 Å². The minimum Gasteiger partial charge on any atom is -0.408 e. The first-order valence-corrected chi connectivity index (χ1v) is 7.12. The van der Waals surface area contributed by atoms with Crippen molar-refractivity contribution in [3.05, 3.63) is 34.3 Å². The third-order valence-electron chi connectivity index (χ3n) is 3.75. The fourth-order valence-electron chi connectivity index (χ4n) is 2.52. The van der Waals surface area contributed by atoms with Crippen LogP contribution < -0.4 is 11.1 Å². The molecule has 2 N–H and O–H groups in total. The normalized spacial score (nSPS) is 16.9. The number of aromatic nitrogens is 1. The van der Waals surface area contributed by atoms with E-state index in [0.717, 1.165) is 24.4 Å². The lowest BCUT2D eigenvalue weighted by Gasteiger charge is -2.18. The second-order valence-corrected chi connectivity index (χ2v) is 5.46. The predicted molar refractivity (Wildman–Crippen MR) is 75.2 cm³/mol. The Morgan fingerprint density at radius 1 is 1.47 bits per heavy atom. The van der Waals surface area contributed by atoms with Crippen molar-refractivity contribution in [3.63, 3.8) is 0 Å². The molecule has 0 saturated heterocycles. The van der Waals surface area contributed by atoms with Crippen LogP contribution in [0.1, 0.15) is 44.2 Å². The molecule has 1 aliphatic rings. The van der Waals surface area contributed by atoms with Crippen molar-refractivity contribution in [3.8, 4) is 0 Å². The smallest absolute Gasteiger partial charge is 0.408 e. The van der Waals surface area contributed by atoms with E-state index in [1.54, 1.807) is 0 Å². The van der Waals surface area contributed by atoms with Crippen LogP contribution in [0.2, 0.25) is 0 Å². The van der Waals surface area contributed by atoms with E-state index in [1.165, 1.54) is 24.8 Å². The van der Waals surface area contributed by atoms with E-state index < -0.39 is 0 Å². The van der Waals surface area contributed by atoms with Gasteiger partial charge in [-0.2, -0.15) is 0 Å². The van der Waals surface area contributed by atoms with Gasteiger partial charge in [0.1, 0.15) is 0 Å². The predicted octanol–water partition coefficient (Wildman–Crippen LogP) is 2.96. The van der Waals surface area contributed by atoms with Gasteiger partial charge in [0.15, 0.2) is 5.58 Å². The lowest BCUT2D eigenvalue weighted by atomic mass is 10.0. The first-order valence-electron chi connectivity index (χ1n) is 7.12. The molecule has 1 aliphatic carbocycles. The molecule has 1 fully saturated rings. The number of fused-ring (bicyclic) bond motifs is 1. The highest BCUT2D eigenvalue weighted by Crippen LogP contribution is 2.38. The lowest BCUT2D eigenvalue weighted by molar-refractivity contribution is 0.473. The number of hydrogen-bond donors (Lipinski definition) is 2.